The minimum Gasteiger partial charge on any atom is -0.487 e. The van der Waals surface area contributed by atoms with Crippen LogP contribution in [0.15, 0.2) is 28.8 Å². The van der Waals surface area contributed by atoms with Gasteiger partial charge in [-0.05, 0) is 13.0 Å². The van der Waals surface area contributed by atoms with E-state index in [1.165, 1.54) is 12.1 Å². The van der Waals surface area contributed by atoms with E-state index in [1.54, 1.807) is 19.2 Å². The summed E-state index contributed by atoms with van der Waals surface area (Å²) in [5.41, 5.74) is 7.17. The van der Waals surface area contributed by atoms with Gasteiger partial charge in [-0.15, -0.1) is 0 Å². The highest BCUT2D eigenvalue weighted by Gasteiger charge is 2.11. The summed E-state index contributed by atoms with van der Waals surface area (Å²) < 4.78 is 28.8. The van der Waals surface area contributed by atoms with Crippen LogP contribution in [0.25, 0.3) is 0 Å². The zero-order valence-corrected chi connectivity index (χ0v) is 11.4. The maximum Gasteiger partial charge on any atom is 0.162 e. The third-order valence-corrected chi connectivity index (χ3v) is 2.74. The van der Waals surface area contributed by atoms with E-state index in [0.717, 1.165) is 5.56 Å². The van der Waals surface area contributed by atoms with E-state index in [2.05, 4.69) is 5.16 Å². The molecule has 0 amide bonds. The number of methoxy groups -OCH3 is 1. The molecule has 2 N–H and O–H groups in total. The SMILES string of the molecule is COCc1cc(COc2cc(F)ccc2[C@H](C)N)no1. The smallest absolute Gasteiger partial charge is 0.162 e. The summed E-state index contributed by atoms with van der Waals surface area (Å²) in [6.45, 7) is 2.33. The molecule has 0 aliphatic heterocycles. The van der Waals surface area contributed by atoms with Crippen LogP contribution < -0.4 is 10.5 Å². The third kappa shape index (κ3) is 3.55. The topological polar surface area (TPSA) is 70.5 Å². The minimum absolute atomic E-state index is 0.177. The third-order valence-electron chi connectivity index (χ3n) is 2.74. The molecule has 0 fully saturated rings. The first kappa shape index (κ1) is 14.5. The first-order chi connectivity index (χ1) is 9.60. The zero-order chi connectivity index (χ0) is 14.5. The Morgan fingerprint density at radius 1 is 1.35 bits per heavy atom. The van der Waals surface area contributed by atoms with Crippen LogP contribution >= 0.6 is 0 Å². The number of benzene rings is 1. The van der Waals surface area contributed by atoms with Crippen molar-refractivity contribution in [3.63, 3.8) is 0 Å². The summed E-state index contributed by atoms with van der Waals surface area (Å²) >= 11 is 0. The van der Waals surface area contributed by atoms with E-state index < -0.39 is 0 Å². The van der Waals surface area contributed by atoms with Gasteiger partial charge in [-0.2, -0.15) is 0 Å². The Morgan fingerprint density at radius 3 is 2.85 bits per heavy atom. The highest BCUT2D eigenvalue weighted by molar-refractivity contribution is 5.36. The fourth-order valence-electron chi connectivity index (χ4n) is 1.80. The normalized spacial score (nSPS) is 12.4. The molecule has 1 aromatic heterocycles. The lowest BCUT2D eigenvalue weighted by atomic mass is 10.1. The average Bonchev–Trinajstić information content (AvgIpc) is 2.84. The van der Waals surface area contributed by atoms with Crippen LogP contribution in [0.1, 0.15) is 30.0 Å². The minimum atomic E-state index is -0.371. The summed E-state index contributed by atoms with van der Waals surface area (Å²) in [5, 5.41) is 3.84. The molecule has 1 heterocycles. The summed E-state index contributed by atoms with van der Waals surface area (Å²) in [4.78, 5) is 0. The molecule has 108 valence electrons. The van der Waals surface area contributed by atoms with Crippen LogP contribution in [0.4, 0.5) is 4.39 Å². The quantitative estimate of drug-likeness (QED) is 0.880. The maximum absolute atomic E-state index is 13.3. The number of hydrogen-bond acceptors (Lipinski definition) is 5. The lowest BCUT2D eigenvalue weighted by Gasteiger charge is -2.13. The first-order valence-corrected chi connectivity index (χ1v) is 6.21. The van der Waals surface area contributed by atoms with Crippen molar-refractivity contribution in [2.45, 2.75) is 26.2 Å². The highest BCUT2D eigenvalue weighted by atomic mass is 19.1. The number of rotatable bonds is 6. The number of halogens is 1. The van der Waals surface area contributed by atoms with Crippen molar-refractivity contribution in [3.8, 4) is 5.75 Å². The molecule has 20 heavy (non-hydrogen) atoms. The summed E-state index contributed by atoms with van der Waals surface area (Å²) in [7, 11) is 1.57. The van der Waals surface area contributed by atoms with Crippen molar-refractivity contribution in [2.24, 2.45) is 5.73 Å². The Bertz CT molecular complexity index is 569. The molecule has 0 spiro atoms. The second-order valence-electron chi connectivity index (χ2n) is 4.48. The Kier molecular flexibility index (Phi) is 4.70. The van der Waals surface area contributed by atoms with Gasteiger partial charge in [0.05, 0.1) is 0 Å². The van der Waals surface area contributed by atoms with Crippen molar-refractivity contribution in [1.82, 2.24) is 5.16 Å². The number of ether oxygens (including phenoxy) is 2. The lowest BCUT2D eigenvalue weighted by molar-refractivity contribution is 0.155. The number of aromatic nitrogens is 1. The Hall–Kier alpha value is -1.92. The Morgan fingerprint density at radius 2 is 2.15 bits per heavy atom. The molecule has 2 aromatic rings. The lowest BCUT2D eigenvalue weighted by Crippen LogP contribution is -2.08. The maximum atomic E-state index is 13.3. The molecule has 0 aliphatic carbocycles. The van der Waals surface area contributed by atoms with Crippen molar-refractivity contribution < 1.29 is 18.4 Å². The molecule has 6 heteroatoms. The van der Waals surface area contributed by atoms with Crippen molar-refractivity contribution >= 4 is 0 Å². The van der Waals surface area contributed by atoms with Crippen molar-refractivity contribution in [3.05, 3.63) is 47.1 Å². The van der Waals surface area contributed by atoms with Gasteiger partial charge in [-0.1, -0.05) is 11.2 Å². The van der Waals surface area contributed by atoms with Gasteiger partial charge in [0.1, 0.15) is 30.5 Å². The van der Waals surface area contributed by atoms with E-state index in [9.17, 15) is 4.39 Å². The standard InChI is InChI=1S/C14H17FN2O3/c1-9(16)13-4-3-10(15)5-14(13)19-7-11-6-12(8-18-2)20-17-11/h3-6,9H,7-8,16H2,1-2H3/t9-/m0/s1. The average molecular weight is 280 g/mol. The van der Waals surface area contributed by atoms with Gasteiger partial charge < -0.3 is 19.7 Å². The summed E-state index contributed by atoms with van der Waals surface area (Å²) in [6.07, 6.45) is 0. The fourth-order valence-corrected chi connectivity index (χ4v) is 1.80. The van der Waals surface area contributed by atoms with Crippen LogP contribution in [-0.2, 0) is 18.0 Å². The highest BCUT2D eigenvalue weighted by Crippen LogP contribution is 2.25. The van der Waals surface area contributed by atoms with Crippen molar-refractivity contribution in [1.29, 1.82) is 0 Å². The number of nitrogens with two attached hydrogens (primary N) is 1. The van der Waals surface area contributed by atoms with Crippen LogP contribution in [0.3, 0.4) is 0 Å². The van der Waals surface area contributed by atoms with Gasteiger partial charge in [0.15, 0.2) is 5.76 Å². The van der Waals surface area contributed by atoms with Crippen LogP contribution in [0, 0.1) is 5.82 Å². The van der Waals surface area contributed by atoms with Gasteiger partial charge in [0.25, 0.3) is 0 Å². The van der Waals surface area contributed by atoms with Crippen LogP contribution in [0.5, 0.6) is 5.75 Å². The molecule has 0 aliphatic rings. The van der Waals surface area contributed by atoms with E-state index >= 15 is 0 Å². The largest absolute Gasteiger partial charge is 0.487 e. The van der Waals surface area contributed by atoms with Gasteiger partial charge in [0, 0.05) is 30.8 Å². The summed E-state index contributed by atoms with van der Waals surface area (Å²) in [6, 6.07) is 5.78. The number of nitrogens with zero attached hydrogens (tertiary/aromatic N) is 1. The van der Waals surface area contributed by atoms with Crippen molar-refractivity contribution in [2.75, 3.05) is 7.11 Å². The molecule has 0 unspecified atom stereocenters. The van der Waals surface area contributed by atoms with Gasteiger partial charge in [0.2, 0.25) is 0 Å². The molecular weight excluding hydrogens is 263 g/mol. The Balaban J connectivity index is 2.07. The molecule has 0 radical (unpaired) electrons. The van der Waals surface area contributed by atoms with Gasteiger partial charge >= 0.3 is 0 Å². The van der Waals surface area contributed by atoms with Gasteiger partial charge in [-0.25, -0.2) is 4.39 Å². The number of hydrogen-bond donors (Lipinski definition) is 1. The molecule has 2 rings (SSSR count). The van der Waals surface area contributed by atoms with E-state index in [1.807, 2.05) is 6.92 Å². The van der Waals surface area contributed by atoms with E-state index in [0.29, 0.717) is 23.8 Å². The molecule has 0 saturated heterocycles. The first-order valence-electron chi connectivity index (χ1n) is 6.21. The zero-order valence-electron chi connectivity index (χ0n) is 11.4. The predicted octanol–water partition coefficient (Wildman–Crippen LogP) is 2.56. The molecule has 1 atom stereocenters. The summed E-state index contributed by atoms with van der Waals surface area (Å²) in [5.74, 6) is 0.652. The predicted molar refractivity (Wildman–Crippen MR) is 70.6 cm³/mol. The van der Waals surface area contributed by atoms with E-state index in [4.69, 9.17) is 19.7 Å². The molecule has 5 nitrogen and oxygen atoms in total. The molecule has 1 aromatic carbocycles. The fraction of sp³-hybridized carbons (Fsp3) is 0.357. The van der Waals surface area contributed by atoms with Crippen LogP contribution in [0.2, 0.25) is 0 Å². The second kappa shape index (κ2) is 6.49. The Labute approximate surface area is 116 Å². The second-order valence-corrected chi connectivity index (χ2v) is 4.48. The molecule has 0 saturated carbocycles. The molecular formula is C14H17FN2O3. The molecule has 0 bridgehead atoms. The van der Waals surface area contributed by atoms with Gasteiger partial charge in [-0.3, -0.25) is 0 Å². The monoisotopic (exact) mass is 280 g/mol. The van der Waals surface area contributed by atoms with E-state index in [-0.39, 0.29) is 18.5 Å². The van der Waals surface area contributed by atoms with Crippen LogP contribution in [-0.4, -0.2) is 12.3 Å².